The summed E-state index contributed by atoms with van der Waals surface area (Å²) in [7, 11) is 0. The van der Waals surface area contributed by atoms with Gasteiger partial charge in [-0.05, 0) is 18.4 Å². The van der Waals surface area contributed by atoms with E-state index in [2.05, 4.69) is 24.1 Å². The van der Waals surface area contributed by atoms with Gasteiger partial charge in [-0.1, -0.05) is 26.7 Å². The molecule has 1 aromatic heterocycles. The van der Waals surface area contributed by atoms with Crippen molar-refractivity contribution in [1.82, 2.24) is 10.3 Å². The Morgan fingerprint density at radius 1 is 1.53 bits per heavy atom. The second-order valence-electron chi connectivity index (χ2n) is 4.14. The van der Waals surface area contributed by atoms with Crippen molar-refractivity contribution in [2.75, 3.05) is 6.54 Å². The first kappa shape index (κ1) is 13.6. The molecule has 1 rings (SSSR count). The largest absolute Gasteiger partial charge is 0.352 e. The summed E-state index contributed by atoms with van der Waals surface area (Å²) in [5.74, 6) is -0.366. The van der Waals surface area contributed by atoms with Gasteiger partial charge >= 0.3 is 0 Å². The molecule has 0 aliphatic carbocycles. The second-order valence-corrected chi connectivity index (χ2v) is 4.14. The Hall–Kier alpha value is -1.45. The lowest BCUT2D eigenvalue weighted by atomic mass is 10.0. The molecule has 94 valence electrons. The molecule has 0 fully saturated rings. The summed E-state index contributed by atoms with van der Waals surface area (Å²) in [6.45, 7) is 4.88. The van der Waals surface area contributed by atoms with Crippen molar-refractivity contribution in [2.45, 2.75) is 33.1 Å². The maximum atomic E-state index is 12.8. The first-order chi connectivity index (χ1) is 8.17. The zero-order valence-electron chi connectivity index (χ0n) is 10.4. The van der Waals surface area contributed by atoms with Crippen molar-refractivity contribution in [3.05, 3.63) is 29.8 Å². The molecule has 1 amide bonds. The molecule has 1 heterocycles. The van der Waals surface area contributed by atoms with Crippen molar-refractivity contribution in [2.24, 2.45) is 5.92 Å². The number of amides is 1. The van der Waals surface area contributed by atoms with Crippen molar-refractivity contribution >= 4 is 5.91 Å². The Bertz CT molecular complexity index is 368. The van der Waals surface area contributed by atoms with Gasteiger partial charge in [0, 0.05) is 24.4 Å². The van der Waals surface area contributed by atoms with Crippen LogP contribution in [0.1, 0.15) is 43.5 Å². The first-order valence-corrected chi connectivity index (χ1v) is 6.07. The molecule has 0 radical (unpaired) electrons. The Morgan fingerprint density at radius 3 is 2.88 bits per heavy atom. The fraction of sp³-hybridized carbons (Fsp3) is 0.538. The van der Waals surface area contributed by atoms with Crippen molar-refractivity contribution < 1.29 is 9.18 Å². The third-order valence-corrected chi connectivity index (χ3v) is 2.81. The topological polar surface area (TPSA) is 42.0 Å². The zero-order valence-corrected chi connectivity index (χ0v) is 10.4. The Balaban J connectivity index is 2.49. The van der Waals surface area contributed by atoms with E-state index in [0.29, 0.717) is 18.0 Å². The minimum Gasteiger partial charge on any atom is -0.352 e. The highest BCUT2D eigenvalue weighted by molar-refractivity contribution is 5.93. The van der Waals surface area contributed by atoms with Crippen LogP contribution < -0.4 is 5.32 Å². The van der Waals surface area contributed by atoms with E-state index in [1.54, 1.807) is 0 Å². The van der Waals surface area contributed by atoms with Gasteiger partial charge in [0.25, 0.3) is 5.91 Å². The number of carbonyl (C=O) groups excluding carboxylic acids is 1. The molecule has 0 bridgehead atoms. The maximum absolute atomic E-state index is 12.8. The summed E-state index contributed by atoms with van der Waals surface area (Å²) < 4.78 is 12.8. The van der Waals surface area contributed by atoms with E-state index in [1.807, 2.05) is 0 Å². The highest BCUT2D eigenvalue weighted by Crippen LogP contribution is 2.09. The van der Waals surface area contributed by atoms with E-state index in [-0.39, 0.29) is 5.91 Å². The third-order valence-electron chi connectivity index (χ3n) is 2.81. The van der Waals surface area contributed by atoms with Gasteiger partial charge in [0.05, 0.1) is 0 Å². The number of nitrogens with zero attached hydrogens (tertiary/aromatic N) is 1. The van der Waals surface area contributed by atoms with Gasteiger partial charge in [0.2, 0.25) is 5.95 Å². The van der Waals surface area contributed by atoms with Gasteiger partial charge in [-0.2, -0.15) is 4.39 Å². The summed E-state index contributed by atoms with van der Waals surface area (Å²) in [6, 6.07) is 2.66. The molecule has 3 nitrogen and oxygen atoms in total. The van der Waals surface area contributed by atoms with Crippen LogP contribution in [0.25, 0.3) is 0 Å². The minimum absolute atomic E-state index is 0.235. The summed E-state index contributed by atoms with van der Waals surface area (Å²) in [4.78, 5) is 15.1. The average Bonchev–Trinajstić information content (AvgIpc) is 2.34. The standard InChI is InChI=1S/C13H19FN2O/c1-3-5-10(4-2)9-16-13(17)11-6-7-15-12(14)8-11/h6-8,10H,3-5,9H2,1-2H3,(H,16,17)/t10-/m1/s1. The quantitative estimate of drug-likeness (QED) is 0.774. The van der Waals surface area contributed by atoms with Gasteiger partial charge < -0.3 is 5.32 Å². The third kappa shape index (κ3) is 4.51. The SMILES string of the molecule is CCC[C@@H](CC)CNC(=O)c1ccnc(F)c1. The lowest BCUT2D eigenvalue weighted by Gasteiger charge is -2.14. The summed E-state index contributed by atoms with van der Waals surface area (Å²) >= 11 is 0. The lowest BCUT2D eigenvalue weighted by molar-refractivity contribution is 0.0945. The molecule has 0 unspecified atom stereocenters. The summed E-state index contributed by atoms with van der Waals surface area (Å²) in [6.07, 6.45) is 4.55. The highest BCUT2D eigenvalue weighted by Gasteiger charge is 2.10. The van der Waals surface area contributed by atoms with Crippen LogP contribution in [0.3, 0.4) is 0 Å². The predicted octanol–water partition coefficient (Wildman–Crippen LogP) is 2.78. The van der Waals surface area contributed by atoms with E-state index in [0.717, 1.165) is 25.3 Å². The van der Waals surface area contributed by atoms with Crippen LogP contribution in [0.15, 0.2) is 18.3 Å². The number of hydrogen-bond donors (Lipinski definition) is 1. The molecule has 0 spiro atoms. The molecule has 1 N–H and O–H groups in total. The molecular weight excluding hydrogens is 219 g/mol. The van der Waals surface area contributed by atoms with Crippen molar-refractivity contribution in [3.63, 3.8) is 0 Å². The van der Waals surface area contributed by atoms with Gasteiger partial charge in [-0.3, -0.25) is 4.79 Å². The fourth-order valence-electron chi connectivity index (χ4n) is 1.74. The molecule has 0 saturated carbocycles. The van der Waals surface area contributed by atoms with E-state index in [1.165, 1.54) is 12.3 Å². The minimum atomic E-state index is -0.627. The van der Waals surface area contributed by atoms with Crippen LogP contribution in [-0.2, 0) is 0 Å². The van der Waals surface area contributed by atoms with Gasteiger partial charge in [0.15, 0.2) is 0 Å². The highest BCUT2D eigenvalue weighted by atomic mass is 19.1. The number of carbonyl (C=O) groups is 1. The lowest BCUT2D eigenvalue weighted by Crippen LogP contribution is -2.29. The molecule has 0 aliphatic rings. The molecule has 0 aromatic carbocycles. The van der Waals surface area contributed by atoms with E-state index < -0.39 is 5.95 Å². The maximum Gasteiger partial charge on any atom is 0.251 e. The Morgan fingerprint density at radius 2 is 2.29 bits per heavy atom. The van der Waals surface area contributed by atoms with Crippen LogP contribution in [-0.4, -0.2) is 17.4 Å². The normalized spacial score (nSPS) is 12.2. The van der Waals surface area contributed by atoms with Crippen LogP contribution in [0.2, 0.25) is 0 Å². The van der Waals surface area contributed by atoms with Crippen molar-refractivity contribution in [1.29, 1.82) is 0 Å². The number of pyridine rings is 1. The predicted molar refractivity (Wildman–Crippen MR) is 65.2 cm³/mol. The van der Waals surface area contributed by atoms with E-state index in [9.17, 15) is 9.18 Å². The monoisotopic (exact) mass is 238 g/mol. The Labute approximate surface area is 101 Å². The molecular formula is C13H19FN2O. The number of aromatic nitrogens is 1. The zero-order chi connectivity index (χ0) is 12.7. The molecule has 0 saturated heterocycles. The number of rotatable bonds is 6. The van der Waals surface area contributed by atoms with Gasteiger partial charge in [0.1, 0.15) is 0 Å². The van der Waals surface area contributed by atoms with E-state index >= 15 is 0 Å². The van der Waals surface area contributed by atoms with Gasteiger partial charge in [-0.15, -0.1) is 0 Å². The molecule has 4 heteroatoms. The molecule has 1 atom stereocenters. The second kappa shape index (κ2) is 6.99. The van der Waals surface area contributed by atoms with Crippen molar-refractivity contribution in [3.8, 4) is 0 Å². The summed E-state index contributed by atoms with van der Waals surface area (Å²) in [5.41, 5.74) is 0.323. The van der Waals surface area contributed by atoms with Crippen LogP contribution in [0.5, 0.6) is 0 Å². The van der Waals surface area contributed by atoms with Crippen LogP contribution in [0.4, 0.5) is 4.39 Å². The number of nitrogens with one attached hydrogen (secondary N) is 1. The van der Waals surface area contributed by atoms with Crippen LogP contribution in [0, 0.1) is 11.9 Å². The molecule has 1 aromatic rings. The average molecular weight is 238 g/mol. The number of hydrogen-bond acceptors (Lipinski definition) is 2. The van der Waals surface area contributed by atoms with Crippen LogP contribution >= 0.6 is 0 Å². The molecule has 0 aliphatic heterocycles. The van der Waals surface area contributed by atoms with Gasteiger partial charge in [-0.25, -0.2) is 4.98 Å². The molecule has 17 heavy (non-hydrogen) atoms. The first-order valence-electron chi connectivity index (χ1n) is 6.07. The summed E-state index contributed by atoms with van der Waals surface area (Å²) in [5, 5.41) is 2.83. The Kier molecular flexibility index (Phi) is 5.60. The smallest absolute Gasteiger partial charge is 0.251 e. The number of halogens is 1. The fourth-order valence-corrected chi connectivity index (χ4v) is 1.74. The van der Waals surface area contributed by atoms with E-state index in [4.69, 9.17) is 0 Å².